The largest absolute Gasteiger partial charge is 0.477 e. The minimum Gasteiger partial charge on any atom is -0.477 e. The highest BCUT2D eigenvalue weighted by Gasteiger charge is 2.23. The quantitative estimate of drug-likeness (QED) is 0.113. The van der Waals surface area contributed by atoms with Crippen LogP contribution >= 0.6 is 0 Å². The third-order valence-electron chi connectivity index (χ3n) is 12.7. The van der Waals surface area contributed by atoms with Crippen LogP contribution in [0.4, 0.5) is 4.79 Å². The molecule has 3 aliphatic rings. The Bertz CT molecular complexity index is 3460. The number of nitrogens with one attached hydrogen (secondary N) is 4. The molecule has 5 N–H and O–H groups in total. The molecule has 3 aliphatic heterocycles. The fourth-order valence-corrected chi connectivity index (χ4v) is 8.73. The van der Waals surface area contributed by atoms with Crippen molar-refractivity contribution < 1.29 is 29.0 Å². The van der Waals surface area contributed by atoms with Gasteiger partial charge in [-0.3, -0.25) is 23.3 Å². The van der Waals surface area contributed by atoms with E-state index in [1.165, 1.54) is 74.2 Å². The van der Waals surface area contributed by atoms with E-state index in [1.54, 1.807) is 43.2 Å². The molecule has 17 nitrogen and oxygen atoms in total. The highest BCUT2D eigenvalue weighted by Crippen LogP contribution is 2.23. The summed E-state index contributed by atoms with van der Waals surface area (Å²) in [5, 5.41) is 15.0. The maximum atomic E-state index is 12.7. The van der Waals surface area contributed by atoms with E-state index in [4.69, 9.17) is 9.84 Å². The Balaban J connectivity index is 0.000000127. The number of para-hydroxylation sites is 3. The number of imidazole rings is 3. The zero-order chi connectivity index (χ0) is 52.5. The highest BCUT2D eigenvalue weighted by atomic mass is 16.5. The van der Waals surface area contributed by atoms with E-state index >= 15 is 0 Å². The van der Waals surface area contributed by atoms with Crippen molar-refractivity contribution in [2.75, 3.05) is 26.3 Å². The molecule has 0 atom stereocenters. The van der Waals surface area contributed by atoms with Crippen LogP contribution in [0.15, 0.2) is 196 Å². The summed E-state index contributed by atoms with van der Waals surface area (Å²) in [4.78, 5) is 69.0. The number of aromatic amines is 3. The van der Waals surface area contributed by atoms with E-state index in [9.17, 15) is 19.2 Å². The number of carboxylic acids is 1. The number of carboxylic acid groups (broad SMARTS) is 1. The van der Waals surface area contributed by atoms with E-state index in [0.717, 1.165) is 72.0 Å². The van der Waals surface area contributed by atoms with Crippen molar-refractivity contribution in [3.8, 4) is 0 Å². The number of benzene rings is 5. The van der Waals surface area contributed by atoms with Gasteiger partial charge in [0.1, 0.15) is 36.1 Å². The zero-order valence-electron chi connectivity index (χ0n) is 41.7. The van der Waals surface area contributed by atoms with Gasteiger partial charge in [-0.1, -0.05) is 111 Å². The van der Waals surface area contributed by atoms with Crippen molar-refractivity contribution in [2.24, 2.45) is 0 Å². The van der Waals surface area contributed by atoms with E-state index in [-0.39, 0.29) is 31.0 Å². The van der Waals surface area contributed by atoms with Crippen LogP contribution in [0.5, 0.6) is 0 Å². The standard InChI is InChI=1S/C18H16N2O.C12H9N3O.C9H7NO2.C9H11N.C7H6N4O.C4H8O.CH4/c21-18(17-11-14-6-3-4-8-16(14)19-17)20-10-9-13-5-1-2-7-15(13)12-20;16-12(15-6-5-13-8-15)11-7-9-3-1-2-4-10(9)14-11;11-9(12)8-5-6-3-1-2-4-7(6)10-8;1-2-4-9-7-10-6-5-8(9)3-1;12-7(10-3-1-8-5-10)11-4-2-9-6-11;1-2-4-5-3-1;/h1-8,11,19H,9-10,12H2;1-8,14H;1-5,10H,(H,11,12);1-4,10H,5-7H2;1-6H;1-4H2;1H4. The summed E-state index contributed by atoms with van der Waals surface area (Å²) in [6, 6.07) is 45.5. The maximum absolute atomic E-state index is 12.7. The van der Waals surface area contributed by atoms with Crippen LogP contribution in [0.25, 0.3) is 32.7 Å². The second kappa shape index (κ2) is 26.7. The Morgan fingerprint density at radius 3 is 1.42 bits per heavy atom. The third-order valence-corrected chi connectivity index (χ3v) is 12.7. The molecule has 14 rings (SSSR count). The van der Waals surface area contributed by atoms with E-state index in [2.05, 4.69) is 77.7 Å². The molecule has 9 heterocycles. The highest BCUT2D eigenvalue weighted by molar-refractivity contribution is 5.99. The van der Waals surface area contributed by atoms with Gasteiger partial charge in [0.2, 0.25) is 0 Å². The summed E-state index contributed by atoms with van der Waals surface area (Å²) in [6.07, 6.45) is 18.6. The number of aromatic nitrogens is 9. The summed E-state index contributed by atoms with van der Waals surface area (Å²) in [7, 11) is 0. The lowest BCUT2D eigenvalue weighted by atomic mass is 10.00. The number of carbonyl (C=O) groups excluding carboxylic acids is 3. The number of amides is 1. The van der Waals surface area contributed by atoms with Gasteiger partial charge in [0, 0.05) is 103 Å². The first-order chi connectivity index (χ1) is 37.3. The number of hydrogen-bond acceptors (Lipinski definition) is 9. The number of fused-ring (bicyclic) bond motifs is 5. The normalized spacial score (nSPS) is 13.0. The Morgan fingerprint density at radius 2 is 0.948 bits per heavy atom. The lowest BCUT2D eigenvalue weighted by Crippen LogP contribution is -2.36. The fraction of sp³-hybridized carbons (Fsp3) is 0.183. The van der Waals surface area contributed by atoms with Gasteiger partial charge in [0.15, 0.2) is 0 Å². The average Bonchev–Trinajstić information content (AvgIpc) is 4.34. The molecule has 0 radical (unpaired) electrons. The molecule has 11 aromatic rings. The van der Waals surface area contributed by atoms with Crippen LogP contribution in [0, 0.1) is 0 Å². The van der Waals surface area contributed by atoms with Crippen molar-refractivity contribution in [2.45, 2.75) is 46.2 Å². The van der Waals surface area contributed by atoms with Crippen molar-refractivity contribution in [1.82, 2.24) is 53.8 Å². The smallest absolute Gasteiger partial charge is 0.352 e. The lowest BCUT2D eigenvalue weighted by Gasteiger charge is -2.28. The van der Waals surface area contributed by atoms with Crippen LogP contribution in [0.1, 0.15) is 74.0 Å². The first kappa shape index (κ1) is 53.8. The number of hydrogen-bond donors (Lipinski definition) is 5. The molecule has 5 aromatic carbocycles. The van der Waals surface area contributed by atoms with Gasteiger partial charge >= 0.3 is 12.0 Å². The molecule has 17 heteroatoms. The summed E-state index contributed by atoms with van der Waals surface area (Å²) in [6.45, 7) is 5.67. The Morgan fingerprint density at radius 1 is 0.506 bits per heavy atom. The number of nitrogens with zero attached hydrogens (tertiary/aromatic N) is 7. The second-order valence-corrected chi connectivity index (χ2v) is 17.9. The van der Waals surface area contributed by atoms with E-state index in [0.29, 0.717) is 17.9 Å². The predicted octanol–water partition coefficient (Wildman–Crippen LogP) is 10.6. The molecule has 0 spiro atoms. The Hall–Kier alpha value is -9.45. The SMILES string of the molecule is C.C1CCOC1.O=C(O)c1cc2ccccc2[nH]1.O=C(c1cc2ccccc2[nH]1)N1CCc2ccccc2C1.O=C(c1cc2ccccc2[nH]1)n1ccnc1.O=C(n1ccnc1)n1ccnc1.c1ccc2c(c1)CCNC2. The van der Waals surface area contributed by atoms with Crippen molar-refractivity contribution in [3.63, 3.8) is 0 Å². The monoisotopic (exact) mass is 1030 g/mol. The van der Waals surface area contributed by atoms with Gasteiger partial charge in [-0.15, -0.1) is 0 Å². The maximum Gasteiger partial charge on any atom is 0.352 e. The first-order valence-electron chi connectivity index (χ1n) is 25.0. The number of aromatic carboxylic acids is 1. The Labute approximate surface area is 445 Å². The van der Waals surface area contributed by atoms with E-state index in [1.807, 2.05) is 95.9 Å². The van der Waals surface area contributed by atoms with Gasteiger partial charge < -0.3 is 35.0 Å². The molecule has 1 saturated heterocycles. The van der Waals surface area contributed by atoms with Crippen LogP contribution in [-0.2, 0) is 30.7 Å². The van der Waals surface area contributed by atoms with Crippen LogP contribution in [0.3, 0.4) is 0 Å². The average molecular weight is 1030 g/mol. The van der Waals surface area contributed by atoms with Gasteiger partial charge in [-0.05, 0) is 90.9 Å². The molecule has 1 fully saturated rings. The van der Waals surface area contributed by atoms with Crippen LogP contribution < -0.4 is 5.32 Å². The van der Waals surface area contributed by atoms with Gasteiger partial charge in [-0.25, -0.2) is 24.5 Å². The molecule has 0 unspecified atom stereocenters. The third kappa shape index (κ3) is 14.2. The number of ether oxygens (including phenoxy) is 1. The topological polar surface area (TPSA) is 214 Å². The van der Waals surface area contributed by atoms with Crippen LogP contribution in [0.2, 0.25) is 0 Å². The van der Waals surface area contributed by atoms with Gasteiger partial charge in [0.25, 0.3) is 11.8 Å². The zero-order valence-corrected chi connectivity index (χ0v) is 41.7. The lowest BCUT2D eigenvalue weighted by molar-refractivity contribution is 0.0689. The van der Waals surface area contributed by atoms with E-state index < -0.39 is 5.97 Å². The molecule has 392 valence electrons. The van der Waals surface area contributed by atoms with Crippen molar-refractivity contribution in [3.05, 3.63) is 235 Å². The first-order valence-corrected chi connectivity index (χ1v) is 25.0. The second-order valence-electron chi connectivity index (χ2n) is 17.9. The molecular weight excluding hydrogens is 971 g/mol. The summed E-state index contributed by atoms with van der Waals surface area (Å²) in [5.74, 6) is -0.944. The van der Waals surface area contributed by atoms with Gasteiger partial charge in [-0.2, -0.15) is 0 Å². The molecule has 0 bridgehead atoms. The number of H-pyrrole nitrogens is 3. The summed E-state index contributed by atoms with van der Waals surface area (Å²) in [5.41, 5.74) is 9.91. The molecular formula is C60H61N11O6. The van der Waals surface area contributed by atoms with Crippen molar-refractivity contribution in [1.29, 1.82) is 0 Å². The minimum absolute atomic E-state index is 0. The van der Waals surface area contributed by atoms with Crippen molar-refractivity contribution >= 4 is 56.5 Å². The minimum atomic E-state index is -0.925. The summed E-state index contributed by atoms with van der Waals surface area (Å²) >= 11 is 0. The van der Waals surface area contributed by atoms with Gasteiger partial charge in [0.05, 0.1) is 0 Å². The molecule has 77 heavy (non-hydrogen) atoms. The predicted molar refractivity (Wildman–Crippen MR) is 298 cm³/mol. The molecule has 1 amide bonds. The molecule has 0 saturated carbocycles. The Kier molecular flexibility index (Phi) is 18.6. The number of carbonyl (C=O) groups is 4. The molecule has 0 aliphatic carbocycles. The fourth-order valence-electron chi connectivity index (χ4n) is 8.73. The summed E-state index contributed by atoms with van der Waals surface area (Å²) < 4.78 is 9.15. The van der Waals surface area contributed by atoms with Crippen LogP contribution in [-0.4, -0.2) is 104 Å². The number of rotatable bonds is 3. The molecule has 6 aromatic heterocycles.